The number of hydrogen-bond acceptors (Lipinski definition) is 1. The van der Waals surface area contributed by atoms with E-state index >= 15 is 0 Å². The summed E-state index contributed by atoms with van der Waals surface area (Å²) in [6.45, 7) is 21.7. The van der Waals surface area contributed by atoms with Crippen LogP contribution in [0, 0.1) is 17.9 Å². The molecule has 0 fully saturated rings. The SMILES string of the molecule is [C-]#[N+]c1ccc2c3c(C(C)(C)C)c4c5cccc6c(C#N)ccc(c4c(C(C)(C)C)c3c3cccc1c32)c65. The zero-order chi connectivity index (χ0) is 26.7. The van der Waals surface area contributed by atoms with Crippen LogP contribution in [0.5, 0.6) is 0 Å². The van der Waals surface area contributed by atoms with E-state index in [0.717, 1.165) is 16.3 Å². The number of fused-ring (bicyclic) bond motifs is 6. The van der Waals surface area contributed by atoms with Gasteiger partial charge in [0.25, 0.3) is 0 Å². The zero-order valence-electron chi connectivity index (χ0n) is 22.7. The van der Waals surface area contributed by atoms with Crippen LogP contribution in [-0.2, 0) is 10.8 Å². The Bertz CT molecular complexity index is 1990. The second kappa shape index (κ2) is 7.12. The van der Waals surface area contributed by atoms with Gasteiger partial charge in [-0.15, -0.1) is 0 Å². The lowest BCUT2D eigenvalue weighted by atomic mass is 9.75. The van der Waals surface area contributed by atoms with E-state index in [1.165, 1.54) is 65.0 Å². The van der Waals surface area contributed by atoms with Crippen molar-refractivity contribution in [3.8, 4) is 6.07 Å². The zero-order valence-corrected chi connectivity index (χ0v) is 22.7. The predicted molar refractivity (Wildman–Crippen MR) is 162 cm³/mol. The Hall–Kier alpha value is -4.40. The summed E-state index contributed by atoms with van der Waals surface area (Å²) in [4.78, 5) is 3.87. The Morgan fingerprint density at radius 2 is 0.974 bits per heavy atom. The van der Waals surface area contributed by atoms with E-state index in [2.05, 4.69) is 101 Å². The van der Waals surface area contributed by atoms with Gasteiger partial charge in [0, 0.05) is 5.39 Å². The van der Waals surface area contributed by atoms with Crippen molar-refractivity contribution in [2.24, 2.45) is 0 Å². The van der Waals surface area contributed by atoms with Gasteiger partial charge in [-0.1, -0.05) is 96.1 Å². The summed E-state index contributed by atoms with van der Waals surface area (Å²) in [6.07, 6.45) is 0. The van der Waals surface area contributed by atoms with Gasteiger partial charge < -0.3 is 0 Å². The maximum absolute atomic E-state index is 9.92. The van der Waals surface area contributed by atoms with Gasteiger partial charge in [-0.2, -0.15) is 5.26 Å². The van der Waals surface area contributed by atoms with Crippen LogP contribution in [0.15, 0.2) is 60.7 Å². The molecule has 0 aromatic heterocycles. The van der Waals surface area contributed by atoms with Crippen LogP contribution >= 0.6 is 0 Å². The number of benzene rings is 5. The molecule has 0 bridgehead atoms. The Morgan fingerprint density at radius 3 is 1.45 bits per heavy atom. The molecule has 0 spiro atoms. The molecule has 7 aromatic rings. The summed E-state index contributed by atoms with van der Waals surface area (Å²) in [5.74, 6) is 0. The van der Waals surface area contributed by atoms with Gasteiger partial charge in [0.15, 0.2) is 5.69 Å². The highest BCUT2D eigenvalue weighted by Crippen LogP contribution is 2.55. The minimum atomic E-state index is -0.139. The van der Waals surface area contributed by atoms with Crippen molar-refractivity contribution in [3.63, 3.8) is 0 Å². The van der Waals surface area contributed by atoms with Gasteiger partial charge in [-0.05, 0) is 87.3 Å². The molecule has 7 aromatic carbocycles. The van der Waals surface area contributed by atoms with Crippen LogP contribution in [0.25, 0.3) is 69.5 Å². The summed E-state index contributed by atoms with van der Waals surface area (Å²) >= 11 is 0. The van der Waals surface area contributed by atoms with Crippen LogP contribution in [0.3, 0.4) is 0 Å². The van der Waals surface area contributed by atoms with Crippen LogP contribution in [0.1, 0.15) is 58.2 Å². The van der Waals surface area contributed by atoms with Crippen molar-refractivity contribution in [1.29, 1.82) is 5.26 Å². The van der Waals surface area contributed by atoms with E-state index in [4.69, 9.17) is 6.57 Å². The summed E-state index contributed by atoms with van der Waals surface area (Å²) in [7, 11) is 0. The first-order valence-electron chi connectivity index (χ1n) is 13.2. The Balaban J connectivity index is 1.95. The third-order valence-corrected chi connectivity index (χ3v) is 8.38. The first kappa shape index (κ1) is 22.8. The lowest BCUT2D eigenvalue weighted by Crippen LogP contribution is -2.16. The second-order valence-corrected chi connectivity index (χ2v) is 12.7. The molecule has 0 saturated carbocycles. The lowest BCUT2D eigenvalue weighted by Gasteiger charge is -2.29. The molecule has 0 radical (unpaired) electrons. The van der Waals surface area contributed by atoms with E-state index in [9.17, 15) is 5.26 Å². The minimum Gasteiger partial charge on any atom is -0.238 e. The highest BCUT2D eigenvalue weighted by atomic mass is 14.6. The summed E-state index contributed by atoms with van der Waals surface area (Å²) < 4.78 is 0. The molecule has 0 aliphatic rings. The van der Waals surface area contributed by atoms with Crippen LogP contribution in [0.4, 0.5) is 5.69 Å². The van der Waals surface area contributed by atoms with Crippen molar-refractivity contribution in [1.82, 2.24) is 0 Å². The molecule has 2 heteroatoms. The quantitative estimate of drug-likeness (QED) is 0.195. The van der Waals surface area contributed by atoms with Crippen molar-refractivity contribution in [2.75, 3.05) is 0 Å². The van der Waals surface area contributed by atoms with Crippen LogP contribution in [-0.4, -0.2) is 0 Å². The highest BCUT2D eigenvalue weighted by Gasteiger charge is 2.33. The van der Waals surface area contributed by atoms with Crippen molar-refractivity contribution < 1.29 is 0 Å². The molecule has 2 nitrogen and oxygen atoms in total. The summed E-state index contributed by atoms with van der Waals surface area (Å²) in [6, 6.07) is 23.6. The predicted octanol–water partition coefficient (Wildman–Crippen LogP) is 10.5. The van der Waals surface area contributed by atoms with Gasteiger partial charge in [0.05, 0.1) is 18.2 Å². The number of rotatable bonds is 0. The maximum atomic E-state index is 9.92. The lowest BCUT2D eigenvalue weighted by molar-refractivity contribution is 0.595. The fourth-order valence-electron chi connectivity index (χ4n) is 7.15. The van der Waals surface area contributed by atoms with E-state index in [1.807, 2.05) is 12.1 Å². The average Bonchev–Trinajstić information content (AvgIpc) is 3.37. The molecule has 0 aliphatic carbocycles. The van der Waals surface area contributed by atoms with Crippen molar-refractivity contribution >= 4 is 70.3 Å². The first-order chi connectivity index (χ1) is 18.1. The molecule has 0 heterocycles. The molecule has 0 aliphatic heterocycles. The molecule has 0 amide bonds. The van der Waals surface area contributed by atoms with Crippen LogP contribution < -0.4 is 0 Å². The van der Waals surface area contributed by atoms with Crippen molar-refractivity contribution in [3.05, 3.63) is 88.8 Å². The standard InChI is InChI=1S/C36H28N2/c1-35(2,3)33-29-22-12-8-10-20-19(18-37)14-15-24(27(20)22)31(29)34(36(4,5)6)30-23-13-9-11-21-26(38-7)17-16-25(28(21)23)32(30)33/h8-17H,1-6H3. The van der Waals surface area contributed by atoms with E-state index in [0.29, 0.717) is 5.69 Å². The summed E-state index contributed by atoms with van der Waals surface area (Å²) in [5.41, 5.74) is 3.86. The topological polar surface area (TPSA) is 28.1 Å². The van der Waals surface area contributed by atoms with E-state index in [-0.39, 0.29) is 10.8 Å². The Kier molecular flexibility index (Phi) is 4.27. The van der Waals surface area contributed by atoms with Gasteiger partial charge in [-0.25, -0.2) is 4.85 Å². The average molecular weight is 489 g/mol. The number of hydrogen-bond donors (Lipinski definition) is 0. The monoisotopic (exact) mass is 488 g/mol. The van der Waals surface area contributed by atoms with Gasteiger partial charge in [0.1, 0.15) is 0 Å². The van der Waals surface area contributed by atoms with Gasteiger partial charge >= 0.3 is 0 Å². The molecule has 0 unspecified atom stereocenters. The van der Waals surface area contributed by atoms with Gasteiger partial charge in [0.2, 0.25) is 0 Å². The molecular weight excluding hydrogens is 460 g/mol. The Labute approximate surface area is 222 Å². The third kappa shape index (κ3) is 2.65. The smallest absolute Gasteiger partial charge is 0.194 e. The summed E-state index contributed by atoms with van der Waals surface area (Å²) in [5, 5.41) is 24.6. The molecule has 7 rings (SSSR count). The molecule has 0 saturated heterocycles. The first-order valence-corrected chi connectivity index (χ1v) is 13.2. The van der Waals surface area contributed by atoms with E-state index < -0.39 is 0 Å². The number of nitrogens with zero attached hydrogens (tertiary/aromatic N) is 2. The molecule has 182 valence electrons. The normalized spacial score (nSPS) is 12.9. The molecule has 38 heavy (non-hydrogen) atoms. The molecular formula is C36H28N2. The fraction of sp³-hybridized carbons (Fsp3) is 0.222. The van der Waals surface area contributed by atoms with Crippen molar-refractivity contribution in [2.45, 2.75) is 52.4 Å². The molecule has 0 atom stereocenters. The minimum absolute atomic E-state index is 0.139. The fourth-order valence-corrected chi connectivity index (χ4v) is 7.15. The Morgan fingerprint density at radius 1 is 0.553 bits per heavy atom. The number of nitriles is 1. The second-order valence-electron chi connectivity index (χ2n) is 12.7. The largest absolute Gasteiger partial charge is 0.238 e. The molecule has 0 N–H and O–H groups in total. The van der Waals surface area contributed by atoms with Crippen LogP contribution in [0.2, 0.25) is 0 Å². The van der Waals surface area contributed by atoms with Gasteiger partial charge in [-0.3, -0.25) is 0 Å². The third-order valence-electron chi connectivity index (χ3n) is 8.38. The maximum Gasteiger partial charge on any atom is 0.194 e. The highest BCUT2D eigenvalue weighted by molar-refractivity contribution is 6.41. The van der Waals surface area contributed by atoms with E-state index in [1.54, 1.807) is 0 Å².